The highest BCUT2D eigenvalue weighted by molar-refractivity contribution is 6.34. The summed E-state index contributed by atoms with van der Waals surface area (Å²) < 4.78 is 15.3. The van der Waals surface area contributed by atoms with Gasteiger partial charge in [0.05, 0.1) is 16.1 Å². The van der Waals surface area contributed by atoms with Crippen molar-refractivity contribution in [1.82, 2.24) is 0 Å². The molecule has 4 aliphatic carbocycles. The first kappa shape index (κ1) is 21.5. The number of carbonyl (C=O) groups excluding carboxylic acids is 2. The average molecular weight is 462 g/mol. The first-order valence-electron chi connectivity index (χ1n) is 9.85. The molecule has 0 aromatic carbocycles. The number of halogens is 4. The Labute approximate surface area is 185 Å². The van der Waals surface area contributed by atoms with Gasteiger partial charge in [-0.25, -0.2) is 4.39 Å². The van der Waals surface area contributed by atoms with Crippen molar-refractivity contribution in [3.05, 3.63) is 35.7 Å². The summed E-state index contributed by atoms with van der Waals surface area (Å²) >= 11 is 20.1. The van der Waals surface area contributed by atoms with Gasteiger partial charge in [0.2, 0.25) is 0 Å². The van der Waals surface area contributed by atoms with Crippen LogP contribution in [-0.2, 0) is 9.59 Å². The van der Waals surface area contributed by atoms with Gasteiger partial charge in [0.25, 0.3) is 0 Å². The third kappa shape index (κ3) is 2.35. The quantitative estimate of drug-likeness (QED) is 0.605. The summed E-state index contributed by atoms with van der Waals surface area (Å²) in [5.41, 5.74) is -3.29. The predicted octanol–water partition coefficient (Wildman–Crippen LogP) is 4.73. The number of carbonyl (C=O) groups is 2. The molecule has 4 aliphatic rings. The maximum atomic E-state index is 15.3. The van der Waals surface area contributed by atoms with Gasteiger partial charge >= 0.3 is 0 Å². The molecular weight excluding hydrogens is 438 g/mol. The fourth-order valence-electron chi connectivity index (χ4n) is 6.71. The molecule has 0 spiro atoms. The van der Waals surface area contributed by atoms with Crippen molar-refractivity contribution in [1.29, 1.82) is 0 Å². The van der Waals surface area contributed by atoms with Gasteiger partial charge in [0.1, 0.15) is 11.4 Å². The Bertz CT molecular complexity index is 898. The van der Waals surface area contributed by atoms with E-state index in [2.05, 4.69) is 0 Å². The minimum Gasteiger partial charge on any atom is -0.381 e. The van der Waals surface area contributed by atoms with Crippen LogP contribution in [0.3, 0.4) is 0 Å². The van der Waals surface area contributed by atoms with Crippen LogP contribution in [0.1, 0.15) is 33.6 Å². The van der Waals surface area contributed by atoms with Crippen molar-refractivity contribution in [3.63, 3.8) is 0 Å². The van der Waals surface area contributed by atoms with Crippen molar-refractivity contribution in [2.75, 3.05) is 5.88 Å². The average Bonchev–Trinajstić information content (AvgIpc) is 2.86. The fourth-order valence-corrected chi connectivity index (χ4v) is 8.06. The zero-order valence-corrected chi connectivity index (χ0v) is 18.8. The van der Waals surface area contributed by atoms with E-state index in [0.29, 0.717) is 6.42 Å². The molecule has 0 heterocycles. The Balaban J connectivity index is 1.93. The molecule has 29 heavy (non-hydrogen) atoms. The summed E-state index contributed by atoms with van der Waals surface area (Å²) in [4.78, 5) is 23.5. The van der Waals surface area contributed by atoms with E-state index >= 15 is 4.39 Å². The van der Waals surface area contributed by atoms with E-state index in [0.717, 1.165) is 0 Å². The van der Waals surface area contributed by atoms with Crippen LogP contribution in [0.4, 0.5) is 4.39 Å². The van der Waals surface area contributed by atoms with E-state index in [-0.39, 0.29) is 35.5 Å². The molecule has 3 nitrogen and oxygen atoms in total. The summed E-state index contributed by atoms with van der Waals surface area (Å²) in [5, 5.41) is 10.9. The third-order valence-electron chi connectivity index (χ3n) is 8.34. The van der Waals surface area contributed by atoms with Gasteiger partial charge in [-0.15, -0.1) is 34.8 Å². The lowest BCUT2D eigenvalue weighted by molar-refractivity contribution is -0.160. The van der Waals surface area contributed by atoms with E-state index in [4.69, 9.17) is 34.8 Å². The minimum atomic E-state index is -1.65. The highest BCUT2D eigenvalue weighted by atomic mass is 35.5. The topological polar surface area (TPSA) is 54.4 Å². The number of rotatable bonds is 2. The molecule has 158 valence electrons. The van der Waals surface area contributed by atoms with Crippen LogP contribution in [0.15, 0.2) is 35.7 Å². The number of allylic oxidation sites excluding steroid dienone is 6. The lowest BCUT2D eigenvalue weighted by Gasteiger charge is -2.62. The van der Waals surface area contributed by atoms with Crippen LogP contribution in [0.5, 0.6) is 0 Å². The van der Waals surface area contributed by atoms with E-state index in [1.54, 1.807) is 13.0 Å². The van der Waals surface area contributed by atoms with Crippen LogP contribution in [-0.4, -0.2) is 38.4 Å². The normalized spacial score (nSPS) is 51.0. The van der Waals surface area contributed by atoms with Gasteiger partial charge < -0.3 is 5.11 Å². The molecule has 0 amide bonds. The molecule has 2 fully saturated rings. The van der Waals surface area contributed by atoms with E-state index < -0.39 is 44.2 Å². The maximum Gasteiger partial charge on any atom is 0.179 e. The molecule has 0 bridgehead atoms. The molecule has 0 aromatic heterocycles. The lowest BCUT2D eigenvalue weighted by Crippen LogP contribution is -2.67. The lowest BCUT2D eigenvalue weighted by atomic mass is 9.48. The zero-order valence-electron chi connectivity index (χ0n) is 16.5. The Kier molecular flexibility index (Phi) is 4.77. The van der Waals surface area contributed by atoms with Gasteiger partial charge in [-0.1, -0.05) is 26.8 Å². The molecular formula is C22H24Cl3FO3. The third-order valence-corrected chi connectivity index (χ3v) is 10.1. The molecule has 0 aromatic rings. The van der Waals surface area contributed by atoms with Crippen LogP contribution in [0, 0.1) is 28.6 Å². The Hall–Kier alpha value is -0.680. The standard InChI is InChI=1S/C22H24Cl3FO3/c1-11-6-13-14-8-16(26)15-7-12(27)4-5-19(15,2)21(14,25)17(24)9-20(13,3)22(11,29)18(28)10-23/h4-5,7-8,11,13-14,17,29H,6,9-10H2,1-3H3/t11-,13-,14-,17-,19-,20-,21-,22+/m0/s1. The first-order chi connectivity index (χ1) is 13.4. The van der Waals surface area contributed by atoms with Gasteiger partial charge in [-0.2, -0.15) is 0 Å². The molecule has 0 aliphatic heterocycles. The van der Waals surface area contributed by atoms with Gasteiger partial charge in [-0.3, -0.25) is 9.59 Å². The monoisotopic (exact) mass is 460 g/mol. The summed E-state index contributed by atoms with van der Waals surface area (Å²) in [6.45, 7) is 5.47. The van der Waals surface area contributed by atoms with Crippen molar-refractivity contribution in [2.45, 2.75) is 49.5 Å². The zero-order chi connectivity index (χ0) is 21.6. The van der Waals surface area contributed by atoms with Crippen molar-refractivity contribution in [3.8, 4) is 0 Å². The van der Waals surface area contributed by atoms with Crippen LogP contribution < -0.4 is 0 Å². The highest BCUT2D eigenvalue weighted by Gasteiger charge is 2.74. The second-order valence-electron chi connectivity index (χ2n) is 9.46. The number of Topliss-reactive ketones (excluding diaryl/α,β-unsaturated/α-hetero) is 1. The van der Waals surface area contributed by atoms with E-state index in [9.17, 15) is 14.7 Å². The molecule has 1 N–H and O–H groups in total. The molecule has 0 unspecified atom stereocenters. The van der Waals surface area contributed by atoms with Crippen LogP contribution >= 0.6 is 34.8 Å². The number of hydrogen-bond donors (Lipinski definition) is 1. The maximum absolute atomic E-state index is 15.3. The Morgan fingerprint density at radius 2 is 2.03 bits per heavy atom. The molecule has 2 saturated carbocycles. The van der Waals surface area contributed by atoms with Crippen molar-refractivity contribution >= 4 is 46.4 Å². The summed E-state index contributed by atoms with van der Waals surface area (Å²) in [6.07, 6.45) is 6.58. The van der Waals surface area contributed by atoms with Crippen molar-refractivity contribution < 1.29 is 19.1 Å². The number of alkyl halides is 3. The highest BCUT2D eigenvalue weighted by Crippen LogP contribution is 2.71. The Morgan fingerprint density at radius 3 is 2.66 bits per heavy atom. The molecule has 8 atom stereocenters. The first-order valence-corrected chi connectivity index (χ1v) is 11.2. The Morgan fingerprint density at radius 1 is 1.38 bits per heavy atom. The second-order valence-corrected chi connectivity index (χ2v) is 10.9. The summed E-state index contributed by atoms with van der Waals surface area (Å²) in [7, 11) is 0. The fraction of sp³-hybridized carbons (Fsp3) is 0.636. The summed E-state index contributed by atoms with van der Waals surface area (Å²) in [5.74, 6) is -2.67. The SMILES string of the molecule is C[C@H]1C[C@H]2[C@@H]3C=C(F)C4=CC(=O)C=C[C@]4(C)[C@@]3(Cl)[C@@H](Cl)C[C@]2(C)[C@]1(O)C(=O)CCl. The number of hydrogen-bond acceptors (Lipinski definition) is 3. The summed E-state index contributed by atoms with van der Waals surface area (Å²) in [6, 6.07) is 0. The minimum absolute atomic E-state index is 0.239. The van der Waals surface area contributed by atoms with E-state index in [1.807, 2.05) is 13.8 Å². The molecule has 0 saturated heterocycles. The van der Waals surface area contributed by atoms with E-state index in [1.165, 1.54) is 18.2 Å². The number of fused-ring (bicyclic) bond motifs is 5. The molecule has 0 radical (unpaired) electrons. The van der Waals surface area contributed by atoms with Crippen LogP contribution in [0.2, 0.25) is 0 Å². The second kappa shape index (κ2) is 6.41. The van der Waals surface area contributed by atoms with Crippen molar-refractivity contribution in [2.24, 2.45) is 28.6 Å². The number of ketones is 2. The predicted molar refractivity (Wildman–Crippen MR) is 112 cm³/mol. The van der Waals surface area contributed by atoms with Crippen LogP contribution in [0.25, 0.3) is 0 Å². The van der Waals surface area contributed by atoms with Gasteiger partial charge in [-0.05, 0) is 42.9 Å². The van der Waals surface area contributed by atoms with Gasteiger partial charge in [0, 0.05) is 22.3 Å². The largest absolute Gasteiger partial charge is 0.381 e. The smallest absolute Gasteiger partial charge is 0.179 e. The van der Waals surface area contributed by atoms with Gasteiger partial charge in [0.15, 0.2) is 11.6 Å². The number of aliphatic hydroxyl groups is 1. The molecule has 7 heteroatoms. The molecule has 4 rings (SSSR count).